The second kappa shape index (κ2) is 9.46. The van der Waals surface area contributed by atoms with E-state index in [9.17, 15) is 4.79 Å². The van der Waals surface area contributed by atoms with Gasteiger partial charge in [-0.3, -0.25) is 9.69 Å². The fraction of sp³-hybridized carbons (Fsp3) is 0.409. The van der Waals surface area contributed by atoms with E-state index in [-0.39, 0.29) is 5.91 Å². The molecule has 0 aliphatic carbocycles. The summed E-state index contributed by atoms with van der Waals surface area (Å²) in [6.07, 6.45) is 0. The maximum absolute atomic E-state index is 12.3. The molecule has 2 aromatic carbocycles. The van der Waals surface area contributed by atoms with Crippen LogP contribution in [0.5, 0.6) is 5.75 Å². The monoisotopic (exact) mass is 382 g/mol. The van der Waals surface area contributed by atoms with Crippen LogP contribution >= 0.6 is 0 Å². The summed E-state index contributed by atoms with van der Waals surface area (Å²) >= 11 is 0. The minimum absolute atomic E-state index is 0.0119. The number of carbonyl (C=O) groups excluding carboxylic acids is 1. The molecule has 0 unspecified atom stereocenters. The van der Waals surface area contributed by atoms with Gasteiger partial charge in [0.25, 0.3) is 5.91 Å². The first-order chi connectivity index (χ1) is 13.6. The van der Waals surface area contributed by atoms with E-state index < -0.39 is 0 Å². The molecule has 1 amide bonds. The molecular formula is C22H30N4O2. The van der Waals surface area contributed by atoms with Crippen LogP contribution in [-0.4, -0.2) is 71.3 Å². The van der Waals surface area contributed by atoms with Gasteiger partial charge < -0.3 is 19.9 Å². The van der Waals surface area contributed by atoms with Gasteiger partial charge in [-0.1, -0.05) is 0 Å². The van der Waals surface area contributed by atoms with Crippen molar-refractivity contribution >= 4 is 17.3 Å². The van der Waals surface area contributed by atoms with Crippen LogP contribution in [0.2, 0.25) is 0 Å². The number of benzene rings is 2. The molecule has 0 bridgehead atoms. The molecule has 0 spiro atoms. The smallest absolute Gasteiger partial charge is 0.251 e. The van der Waals surface area contributed by atoms with E-state index in [0.717, 1.165) is 44.2 Å². The average molecular weight is 383 g/mol. The summed E-state index contributed by atoms with van der Waals surface area (Å²) in [5, 5.41) is 3.03. The van der Waals surface area contributed by atoms with E-state index in [1.54, 1.807) is 7.11 Å². The minimum atomic E-state index is -0.0119. The highest BCUT2D eigenvalue weighted by Gasteiger charge is 2.17. The predicted octanol–water partition coefficient (Wildman–Crippen LogP) is 2.31. The molecule has 1 fully saturated rings. The number of nitrogens with one attached hydrogen (secondary N) is 1. The molecule has 3 rings (SSSR count). The average Bonchev–Trinajstić information content (AvgIpc) is 2.74. The minimum Gasteiger partial charge on any atom is -0.497 e. The van der Waals surface area contributed by atoms with Crippen molar-refractivity contribution < 1.29 is 9.53 Å². The number of nitrogens with zero attached hydrogens (tertiary/aromatic N) is 3. The molecule has 28 heavy (non-hydrogen) atoms. The molecule has 1 aliphatic rings. The molecule has 150 valence electrons. The highest BCUT2D eigenvalue weighted by molar-refractivity contribution is 5.94. The van der Waals surface area contributed by atoms with Gasteiger partial charge in [0.1, 0.15) is 5.75 Å². The lowest BCUT2D eigenvalue weighted by atomic mass is 10.2. The summed E-state index contributed by atoms with van der Waals surface area (Å²) in [6.45, 7) is 5.52. The quantitative estimate of drug-likeness (QED) is 0.796. The Bertz CT molecular complexity index is 751. The fourth-order valence-electron chi connectivity index (χ4n) is 3.36. The zero-order chi connectivity index (χ0) is 19.9. The molecule has 1 N–H and O–H groups in total. The summed E-state index contributed by atoms with van der Waals surface area (Å²) in [4.78, 5) is 19.1. The maximum atomic E-state index is 12.3. The van der Waals surface area contributed by atoms with E-state index in [4.69, 9.17) is 4.74 Å². The first-order valence-corrected chi connectivity index (χ1v) is 9.74. The zero-order valence-corrected chi connectivity index (χ0v) is 17.0. The largest absolute Gasteiger partial charge is 0.497 e. The third-order valence-corrected chi connectivity index (χ3v) is 5.17. The van der Waals surface area contributed by atoms with E-state index in [2.05, 4.69) is 27.2 Å². The Labute approximate surface area is 167 Å². The molecule has 2 aromatic rings. The highest BCUT2D eigenvalue weighted by Crippen LogP contribution is 2.20. The van der Waals surface area contributed by atoms with Crippen LogP contribution < -0.4 is 19.9 Å². The van der Waals surface area contributed by atoms with Crippen molar-refractivity contribution in [3.05, 3.63) is 54.1 Å². The first kappa shape index (κ1) is 20.0. The number of anilines is 2. The fourth-order valence-corrected chi connectivity index (χ4v) is 3.36. The lowest BCUT2D eigenvalue weighted by Gasteiger charge is -2.36. The Morgan fingerprint density at radius 1 is 1.00 bits per heavy atom. The Morgan fingerprint density at radius 3 is 2.21 bits per heavy atom. The van der Waals surface area contributed by atoms with E-state index in [1.165, 1.54) is 5.69 Å². The van der Waals surface area contributed by atoms with Crippen LogP contribution in [0.25, 0.3) is 0 Å². The summed E-state index contributed by atoms with van der Waals surface area (Å²) in [7, 11) is 5.67. The van der Waals surface area contributed by atoms with Crippen LogP contribution in [0.15, 0.2) is 48.5 Å². The number of rotatable bonds is 7. The molecule has 0 atom stereocenters. The van der Waals surface area contributed by atoms with E-state index in [1.807, 2.05) is 55.4 Å². The number of amides is 1. The van der Waals surface area contributed by atoms with Crippen molar-refractivity contribution in [1.82, 2.24) is 10.2 Å². The Balaban J connectivity index is 1.39. The number of hydrogen-bond acceptors (Lipinski definition) is 5. The predicted molar refractivity (Wildman–Crippen MR) is 115 cm³/mol. The molecule has 0 aromatic heterocycles. The van der Waals surface area contributed by atoms with Crippen molar-refractivity contribution in [1.29, 1.82) is 0 Å². The summed E-state index contributed by atoms with van der Waals surface area (Å²) in [5.74, 6) is 0.872. The zero-order valence-electron chi connectivity index (χ0n) is 17.0. The molecule has 1 heterocycles. The summed E-state index contributed by atoms with van der Waals surface area (Å²) in [6, 6.07) is 15.9. The third kappa shape index (κ3) is 5.16. The third-order valence-electron chi connectivity index (χ3n) is 5.17. The van der Waals surface area contributed by atoms with Crippen molar-refractivity contribution in [3.8, 4) is 5.75 Å². The summed E-state index contributed by atoms with van der Waals surface area (Å²) in [5.41, 5.74) is 3.02. The number of hydrogen-bond donors (Lipinski definition) is 1. The van der Waals surface area contributed by atoms with Gasteiger partial charge in [0.15, 0.2) is 0 Å². The van der Waals surface area contributed by atoms with E-state index >= 15 is 0 Å². The van der Waals surface area contributed by atoms with Gasteiger partial charge in [0.2, 0.25) is 0 Å². The van der Waals surface area contributed by atoms with Crippen molar-refractivity contribution in [2.75, 3.05) is 70.3 Å². The Morgan fingerprint density at radius 2 is 1.64 bits per heavy atom. The van der Waals surface area contributed by atoms with Crippen LogP contribution in [0.3, 0.4) is 0 Å². The molecule has 0 radical (unpaired) electrons. The van der Waals surface area contributed by atoms with Gasteiger partial charge in [-0.05, 0) is 48.5 Å². The molecule has 1 saturated heterocycles. The van der Waals surface area contributed by atoms with Gasteiger partial charge in [-0.15, -0.1) is 0 Å². The molecule has 6 heteroatoms. The highest BCUT2D eigenvalue weighted by atomic mass is 16.5. The number of piperazine rings is 1. The van der Waals surface area contributed by atoms with Crippen LogP contribution in [-0.2, 0) is 0 Å². The van der Waals surface area contributed by atoms with Gasteiger partial charge in [-0.25, -0.2) is 0 Å². The lowest BCUT2D eigenvalue weighted by Crippen LogP contribution is -2.48. The lowest BCUT2D eigenvalue weighted by molar-refractivity contribution is 0.0948. The van der Waals surface area contributed by atoms with Gasteiger partial charge in [0, 0.05) is 70.3 Å². The first-order valence-electron chi connectivity index (χ1n) is 9.74. The standard InChI is InChI=1S/C22H30N4O2/c1-24(2)19-6-4-18(5-7-19)22(27)23-12-13-25-14-16-26(17-15-25)20-8-10-21(28-3)11-9-20/h4-11H,12-17H2,1-3H3,(H,23,27). The Hall–Kier alpha value is -2.73. The van der Waals surface area contributed by atoms with E-state index in [0.29, 0.717) is 12.1 Å². The Kier molecular flexibility index (Phi) is 6.76. The normalized spacial score (nSPS) is 14.6. The van der Waals surface area contributed by atoms with Crippen molar-refractivity contribution in [3.63, 3.8) is 0 Å². The van der Waals surface area contributed by atoms with Crippen molar-refractivity contribution in [2.24, 2.45) is 0 Å². The van der Waals surface area contributed by atoms with Gasteiger partial charge >= 0.3 is 0 Å². The summed E-state index contributed by atoms with van der Waals surface area (Å²) < 4.78 is 5.22. The molecular weight excluding hydrogens is 352 g/mol. The molecule has 1 aliphatic heterocycles. The van der Waals surface area contributed by atoms with Gasteiger partial charge in [0.05, 0.1) is 7.11 Å². The second-order valence-electron chi connectivity index (χ2n) is 7.22. The SMILES string of the molecule is COc1ccc(N2CCN(CCNC(=O)c3ccc(N(C)C)cc3)CC2)cc1. The molecule has 0 saturated carbocycles. The van der Waals surface area contributed by atoms with Crippen LogP contribution in [0.1, 0.15) is 10.4 Å². The topological polar surface area (TPSA) is 48.1 Å². The number of ether oxygens (including phenoxy) is 1. The van der Waals surface area contributed by atoms with Crippen LogP contribution in [0.4, 0.5) is 11.4 Å². The number of carbonyl (C=O) groups is 1. The number of methoxy groups -OCH3 is 1. The molecule has 6 nitrogen and oxygen atoms in total. The van der Waals surface area contributed by atoms with Crippen molar-refractivity contribution in [2.45, 2.75) is 0 Å². The maximum Gasteiger partial charge on any atom is 0.251 e. The van der Waals surface area contributed by atoms with Gasteiger partial charge in [-0.2, -0.15) is 0 Å². The van der Waals surface area contributed by atoms with Crippen LogP contribution in [0, 0.1) is 0 Å². The second-order valence-corrected chi connectivity index (χ2v) is 7.22.